The van der Waals surface area contributed by atoms with Crippen LogP contribution < -0.4 is 21.5 Å². The zero-order valence-corrected chi connectivity index (χ0v) is 34.2. The topological polar surface area (TPSA) is 285 Å². The van der Waals surface area contributed by atoms with Crippen molar-refractivity contribution in [1.29, 1.82) is 0 Å². The Hall–Kier alpha value is -3.54. The second kappa shape index (κ2) is 25.7. The Morgan fingerprint density at radius 2 is 1.19 bits per heavy atom. The van der Waals surface area contributed by atoms with Gasteiger partial charge in [-0.1, -0.05) is 0 Å². The number of hydrogen-bond acceptors (Lipinski definition) is 14. The summed E-state index contributed by atoms with van der Waals surface area (Å²) >= 11 is 0. The summed E-state index contributed by atoms with van der Waals surface area (Å²) in [6.45, 7) is 3.45. The van der Waals surface area contributed by atoms with Gasteiger partial charge < -0.3 is 40.9 Å². The van der Waals surface area contributed by atoms with Crippen LogP contribution in [0, 0.1) is 39.9 Å². The van der Waals surface area contributed by atoms with Gasteiger partial charge in [0.25, 0.3) is 5.91 Å². The largest absolute Gasteiger partial charge is 0.480 e. The Balaban J connectivity index is 0.0000112. The molecule has 9 N–H and O–H groups in total. The van der Waals surface area contributed by atoms with Crippen molar-refractivity contribution in [3.8, 4) is 0 Å². The number of anilines is 1. The van der Waals surface area contributed by atoms with Crippen LogP contribution in [-0.4, -0.2) is 202 Å². The van der Waals surface area contributed by atoms with Crippen molar-refractivity contribution in [2.75, 3.05) is 97.1 Å². The summed E-state index contributed by atoms with van der Waals surface area (Å²) in [5, 5.41) is 52.6. The molecule has 57 heavy (non-hydrogen) atoms. The Labute approximate surface area is 363 Å². The molecule has 0 spiro atoms. The van der Waals surface area contributed by atoms with Gasteiger partial charge in [-0.3, -0.25) is 64.0 Å². The summed E-state index contributed by atoms with van der Waals surface area (Å²) in [5.41, 5.74) is 6.05. The van der Waals surface area contributed by atoms with E-state index in [4.69, 9.17) is 0 Å². The number of benzene rings is 1. The van der Waals surface area contributed by atoms with Gasteiger partial charge in [-0.25, -0.2) is 0 Å². The van der Waals surface area contributed by atoms with Crippen LogP contribution in [0.15, 0.2) is 24.3 Å². The second-order valence-electron chi connectivity index (χ2n) is 13.8. The van der Waals surface area contributed by atoms with Crippen molar-refractivity contribution < 1.29 is 98.9 Å². The van der Waals surface area contributed by atoms with Gasteiger partial charge in [-0.15, -0.1) is 0 Å². The molecule has 318 valence electrons. The van der Waals surface area contributed by atoms with Gasteiger partial charge in [0.1, 0.15) is 6.04 Å². The minimum atomic E-state index is -1.66. The standard InChI is InChI=1S/C34H54BN9O12.Gd/c1-24(34(54)44-11-3-4-27(44)35(55)56)37-33(53)25-6-8-26(9-7-25)38-39-28(45)5-2-10-36-29(46)20-40-12-14-41(21-30(47)48)16-18-43(23-32(51)52)19-17-42(15-13-40)22-31(49)50;/h6-9,24,27,38,55-56H,2-5,10-23H2,1H3,(H,36,46)(H,37,53)(H,39,45)(H,47,48)(H,49,50)(H,51,52);/t24-,27+;/m1./s1. The summed E-state index contributed by atoms with van der Waals surface area (Å²) in [7, 11) is -1.66. The molecule has 23 heteroatoms. The number of carboxylic acids is 3. The number of nitrogens with zero attached hydrogens (tertiary/aromatic N) is 5. The van der Waals surface area contributed by atoms with Crippen LogP contribution in [0.3, 0.4) is 0 Å². The smallest absolute Gasteiger partial charge is 0.475 e. The molecule has 2 fully saturated rings. The molecule has 0 aliphatic carbocycles. The molecule has 0 radical (unpaired) electrons. The van der Waals surface area contributed by atoms with Crippen LogP contribution in [0.25, 0.3) is 0 Å². The van der Waals surface area contributed by atoms with E-state index in [0.29, 0.717) is 44.6 Å². The molecule has 2 aliphatic rings. The number of amides is 4. The molecule has 0 aromatic heterocycles. The molecule has 2 aliphatic heterocycles. The van der Waals surface area contributed by atoms with Gasteiger partial charge in [-0.05, 0) is 50.5 Å². The molecule has 1 aromatic carbocycles. The van der Waals surface area contributed by atoms with E-state index in [1.54, 1.807) is 31.7 Å². The molecular formula is C34H54BGdN9O12. The molecule has 0 bridgehead atoms. The quantitative estimate of drug-likeness (QED) is 0.0395. The minimum Gasteiger partial charge on any atom is -0.480 e. The average molecular weight is 949 g/mol. The van der Waals surface area contributed by atoms with E-state index in [9.17, 15) is 58.9 Å². The van der Waals surface area contributed by atoms with E-state index in [2.05, 4.69) is 21.5 Å². The van der Waals surface area contributed by atoms with Crippen LogP contribution in [0.4, 0.5) is 5.69 Å². The van der Waals surface area contributed by atoms with Gasteiger partial charge in [0.05, 0.1) is 37.8 Å². The third kappa shape index (κ3) is 18.7. The van der Waals surface area contributed by atoms with Crippen LogP contribution in [0.5, 0.6) is 0 Å². The zero-order chi connectivity index (χ0) is 41.2. The fourth-order valence-electron chi connectivity index (χ4n) is 6.40. The number of carbonyl (C=O) groups is 7. The van der Waals surface area contributed by atoms with Gasteiger partial charge in [0.15, 0.2) is 0 Å². The number of hydrazine groups is 1. The summed E-state index contributed by atoms with van der Waals surface area (Å²) in [6, 6.07) is 5.26. The monoisotopic (exact) mass is 949 g/mol. The Bertz CT molecular complexity index is 1480. The maximum absolute atomic E-state index is 12.9. The Morgan fingerprint density at radius 3 is 1.65 bits per heavy atom. The molecule has 0 unspecified atom stereocenters. The SMILES string of the molecule is C[C@@H](NC(=O)c1ccc(NNC(=O)CCCNC(=O)CN2CCN(CC(=O)O)CCN(CC(=O)O)CCN(CC(=O)O)CC2)cc1)C(=O)N1CCC[C@H]1B(O)O.[Gd]. The first-order chi connectivity index (χ1) is 26.6. The molecule has 2 atom stereocenters. The number of nitrogens with one attached hydrogen (secondary N) is 4. The van der Waals surface area contributed by atoms with Crippen molar-refractivity contribution in [2.24, 2.45) is 0 Å². The summed E-state index contributed by atoms with van der Waals surface area (Å²) < 4.78 is 0. The summed E-state index contributed by atoms with van der Waals surface area (Å²) in [4.78, 5) is 93.3. The predicted molar refractivity (Wildman–Crippen MR) is 201 cm³/mol. The van der Waals surface area contributed by atoms with E-state index in [1.807, 2.05) is 0 Å². The van der Waals surface area contributed by atoms with E-state index >= 15 is 0 Å². The van der Waals surface area contributed by atoms with Gasteiger partial charge >= 0.3 is 25.0 Å². The minimum absolute atomic E-state index is 0. The second-order valence-corrected chi connectivity index (χ2v) is 13.8. The average Bonchev–Trinajstić information content (AvgIpc) is 3.63. The third-order valence-electron chi connectivity index (χ3n) is 9.41. The predicted octanol–water partition coefficient (Wildman–Crippen LogP) is -3.38. The maximum atomic E-state index is 12.9. The van der Waals surface area contributed by atoms with Gasteiger partial charge in [-0.2, -0.15) is 0 Å². The number of rotatable bonds is 18. The number of carbonyl (C=O) groups excluding carboxylic acids is 4. The summed E-state index contributed by atoms with van der Waals surface area (Å²) in [6.07, 6.45) is 1.48. The number of carboxylic acid groups (broad SMARTS) is 3. The molecule has 21 nitrogen and oxygen atoms in total. The molecule has 0 saturated carbocycles. The van der Waals surface area contributed by atoms with Crippen LogP contribution in [-0.2, 0) is 28.8 Å². The fraction of sp³-hybridized carbons (Fsp3) is 0.618. The van der Waals surface area contributed by atoms with Crippen molar-refractivity contribution >= 4 is 54.3 Å². The number of aliphatic carboxylic acids is 3. The molecule has 4 amide bonds. The molecule has 2 heterocycles. The molecule has 2 saturated heterocycles. The summed E-state index contributed by atoms with van der Waals surface area (Å²) in [5.74, 6) is -5.45. The Kier molecular flexibility index (Phi) is 22.4. The van der Waals surface area contributed by atoms with E-state index in [1.165, 1.54) is 24.0 Å². The van der Waals surface area contributed by atoms with Crippen LogP contribution in [0.2, 0.25) is 0 Å². The van der Waals surface area contributed by atoms with Crippen molar-refractivity contribution in [2.45, 2.75) is 44.6 Å². The van der Waals surface area contributed by atoms with E-state index in [-0.39, 0.29) is 136 Å². The van der Waals surface area contributed by atoms with Crippen molar-refractivity contribution in [1.82, 2.24) is 40.6 Å². The first-order valence-corrected chi connectivity index (χ1v) is 18.5. The fourth-order valence-corrected chi connectivity index (χ4v) is 6.40. The van der Waals surface area contributed by atoms with Crippen molar-refractivity contribution in [3.05, 3.63) is 29.8 Å². The zero-order valence-electron chi connectivity index (χ0n) is 32.0. The van der Waals surface area contributed by atoms with E-state index in [0.717, 1.165) is 0 Å². The number of hydrogen-bond donors (Lipinski definition) is 9. The van der Waals surface area contributed by atoms with Crippen LogP contribution in [0.1, 0.15) is 43.0 Å². The van der Waals surface area contributed by atoms with Gasteiger partial charge in [0.2, 0.25) is 17.7 Å². The first-order valence-electron chi connectivity index (χ1n) is 18.5. The van der Waals surface area contributed by atoms with E-state index < -0.39 is 48.8 Å². The van der Waals surface area contributed by atoms with Crippen LogP contribution >= 0.6 is 0 Å². The van der Waals surface area contributed by atoms with Gasteiger partial charge in [0, 0.05) is 117 Å². The number of likely N-dealkylation sites (tertiary alicyclic amines) is 1. The first kappa shape index (κ1) is 49.6. The normalized spacial score (nSPS) is 18.2. The van der Waals surface area contributed by atoms with Crippen molar-refractivity contribution in [3.63, 3.8) is 0 Å². The molecule has 3 rings (SSSR count). The Morgan fingerprint density at radius 1 is 0.719 bits per heavy atom. The third-order valence-corrected chi connectivity index (χ3v) is 9.41. The molecule has 1 aromatic rings. The molecular weight excluding hydrogens is 894 g/mol. The maximum Gasteiger partial charge on any atom is 0.475 e.